The van der Waals surface area contributed by atoms with E-state index in [0.29, 0.717) is 5.41 Å². The van der Waals surface area contributed by atoms with Gasteiger partial charge in [-0.3, -0.25) is 4.99 Å². The first-order valence-electron chi connectivity index (χ1n) is 7.91. The van der Waals surface area contributed by atoms with E-state index in [1.807, 2.05) is 14.0 Å². The van der Waals surface area contributed by atoms with Gasteiger partial charge in [0.2, 0.25) is 0 Å². The first-order chi connectivity index (χ1) is 10.1. The molecular formula is C16H29IN4S. The van der Waals surface area contributed by atoms with Gasteiger partial charge >= 0.3 is 0 Å². The summed E-state index contributed by atoms with van der Waals surface area (Å²) in [5, 5.41) is 6.83. The second-order valence-corrected chi connectivity index (χ2v) is 7.24. The van der Waals surface area contributed by atoms with Gasteiger partial charge in [-0.1, -0.05) is 19.8 Å². The number of halogens is 1. The highest BCUT2D eigenvalue weighted by Gasteiger charge is 2.32. The van der Waals surface area contributed by atoms with Gasteiger partial charge in [-0.05, 0) is 31.6 Å². The number of aryl methyl sites for hydroxylation is 1. The zero-order valence-electron chi connectivity index (χ0n) is 14.2. The van der Waals surface area contributed by atoms with Crippen molar-refractivity contribution < 1.29 is 0 Å². The highest BCUT2D eigenvalue weighted by atomic mass is 127. The van der Waals surface area contributed by atoms with Gasteiger partial charge in [-0.2, -0.15) is 0 Å². The number of aromatic nitrogens is 1. The van der Waals surface area contributed by atoms with E-state index in [1.54, 1.807) is 11.3 Å². The molecule has 1 aliphatic carbocycles. The van der Waals surface area contributed by atoms with Crippen LogP contribution >= 0.6 is 35.3 Å². The maximum absolute atomic E-state index is 4.53. The normalized spacial score (nSPS) is 17.2. The van der Waals surface area contributed by atoms with Crippen LogP contribution in [0.2, 0.25) is 0 Å². The van der Waals surface area contributed by atoms with Crippen molar-refractivity contribution in [2.45, 2.75) is 52.5 Å². The Morgan fingerprint density at radius 1 is 1.45 bits per heavy atom. The van der Waals surface area contributed by atoms with Crippen molar-refractivity contribution in [1.29, 1.82) is 0 Å². The van der Waals surface area contributed by atoms with Crippen LogP contribution in [0.4, 0.5) is 0 Å². The Kier molecular flexibility index (Phi) is 8.10. The molecule has 0 amide bonds. The van der Waals surface area contributed by atoms with Gasteiger partial charge in [0.05, 0.1) is 17.2 Å². The van der Waals surface area contributed by atoms with E-state index in [9.17, 15) is 0 Å². The largest absolute Gasteiger partial charge is 0.356 e. The second-order valence-electron chi connectivity index (χ2n) is 6.18. The molecule has 0 radical (unpaired) electrons. The Hall–Kier alpha value is -0.370. The molecular weight excluding hydrogens is 407 g/mol. The molecule has 6 heteroatoms. The Labute approximate surface area is 155 Å². The molecule has 126 valence electrons. The zero-order chi connectivity index (χ0) is 15.3. The lowest BCUT2D eigenvalue weighted by molar-refractivity contribution is 0.279. The maximum atomic E-state index is 4.53. The van der Waals surface area contributed by atoms with E-state index < -0.39 is 0 Å². The fourth-order valence-corrected chi connectivity index (χ4v) is 3.83. The van der Waals surface area contributed by atoms with Crippen molar-refractivity contribution in [2.24, 2.45) is 10.4 Å². The lowest BCUT2D eigenvalue weighted by Gasteiger charge is -2.30. The minimum atomic E-state index is 0. The minimum Gasteiger partial charge on any atom is -0.356 e. The summed E-state index contributed by atoms with van der Waals surface area (Å²) in [7, 11) is 3.94. The lowest BCUT2D eigenvalue weighted by Crippen LogP contribution is -2.43. The number of rotatable bonds is 5. The molecule has 0 aromatic carbocycles. The average molecular weight is 436 g/mol. The Bertz CT molecular complexity index is 480. The molecule has 1 aromatic heterocycles. The van der Waals surface area contributed by atoms with Crippen molar-refractivity contribution in [1.82, 2.24) is 15.2 Å². The molecule has 4 nitrogen and oxygen atoms in total. The third-order valence-electron chi connectivity index (χ3n) is 4.67. The van der Waals surface area contributed by atoms with Gasteiger partial charge in [-0.25, -0.2) is 4.98 Å². The van der Waals surface area contributed by atoms with Gasteiger partial charge in [0.1, 0.15) is 0 Å². The van der Waals surface area contributed by atoms with E-state index in [1.165, 1.54) is 32.1 Å². The second kappa shape index (κ2) is 9.05. The Balaban J connectivity index is 0.00000242. The first-order valence-corrected chi connectivity index (χ1v) is 8.79. The fourth-order valence-electron chi connectivity index (χ4n) is 3.23. The molecule has 2 rings (SSSR count). The highest BCUT2D eigenvalue weighted by molar-refractivity contribution is 14.0. The Morgan fingerprint density at radius 3 is 2.64 bits per heavy atom. The fraction of sp³-hybridized carbons (Fsp3) is 0.750. The van der Waals surface area contributed by atoms with Crippen molar-refractivity contribution >= 4 is 41.3 Å². The number of nitrogens with one attached hydrogen (secondary N) is 1. The van der Waals surface area contributed by atoms with E-state index in [2.05, 4.69) is 39.5 Å². The van der Waals surface area contributed by atoms with Crippen LogP contribution in [-0.4, -0.2) is 36.5 Å². The van der Waals surface area contributed by atoms with Crippen LogP contribution in [0.15, 0.2) is 10.4 Å². The molecule has 0 atom stereocenters. The van der Waals surface area contributed by atoms with Crippen LogP contribution in [0, 0.1) is 12.3 Å². The maximum Gasteiger partial charge on any atom is 0.193 e. The van der Waals surface area contributed by atoms with Crippen molar-refractivity contribution in [2.75, 3.05) is 20.6 Å². The quantitative estimate of drug-likeness (QED) is 0.430. The van der Waals surface area contributed by atoms with E-state index >= 15 is 0 Å². The number of thiazole rings is 1. The van der Waals surface area contributed by atoms with E-state index in [-0.39, 0.29) is 24.0 Å². The molecule has 1 N–H and O–H groups in total. The van der Waals surface area contributed by atoms with Crippen LogP contribution in [0.5, 0.6) is 0 Å². The topological polar surface area (TPSA) is 40.5 Å². The molecule has 0 unspecified atom stereocenters. The summed E-state index contributed by atoms with van der Waals surface area (Å²) in [6.07, 6.45) is 6.71. The molecule has 1 aliphatic rings. The first kappa shape index (κ1) is 19.7. The van der Waals surface area contributed by atoms with Gasteiger partial charge < -0.3 is 10.2 Å². The molecule has 0 aliphatic heterocycles. The predicted octanol–water partition coefficient (Wildman–Crippen LogP) is 4.05. The summed E-state index contributed by atoms with van der Waals surface area (Å²) in [6.45, 7) is 6.21. The summed E-state index contributed by atoms with van der Waals surface area (Å²) in [5.41, 5.74) is 1.60. The highest BCUT2D eigenvalue weighted by Crippen LogP contribution is 2.40. The van der Waals surface area contributed by atoms with Gasteiger partial charge in [0.25, 0.3) is 0 Å². The van der Waals surface area contributed by atoms with Crippen molar-refractivity contribution in [3.8, 4) is 0 Å². The molecule has 0 bridgehead atoms. The lowest BCUT2D eigenvalue weighted by atomic mass is 9.83. The molecule has 0 spiro atoms. The summed E-state index contributed by atoms with van der Waals surface area (Å²) < 4.78 is 0. The third-order valence-corrected chi connectivity index (χ3v) is 5.50. The average Bonchev–Trinajstić information content (AvgIpc) is 3.09. The van der Waals surface area contributed by atoms with Gasteiger partial charge in [-0.15, -0.1) is 35.3 Å². The van der Waals surface area contributed by atoms with E-state index in [4.69, 9.17) is 0 Å². The van der Waals surface area contributed by atoms with Crippen LogP contribution in [0.25, 0.3) is 0 Å². The third kappa shape index (κ3) is 5.08. The van der Waals surface area contributed by atoms with Crippen molar-refractivity contribution in [3.05, 3.63) is 16.1 Å². The number of nitrogens with zero attached hydrogens (tertiary/aromatic N) is 3. The summed E-state index contributed by atoms with van der Waals surface area (Å²) in [4.78, 5) is 11.1. The Morgan fingerprint density at radius 2 is 2.14 bits per heavy atom. The molecule has 1 saturated carbocycles. The summed E-state index contributed by atoms with van der Waals surface area (Å²) >= 11 is 1.70. The molecule has 1 heterocycles. The number of hydrogen-bond acceptors (Lipinski definition) is 3. The van der Waals surface area contributed by atoms with Crippen LogP contribution in [-0.2, 0) is 6.54 Å². The summed E-state index contributed by atoms with van der Waals surface area (Å²) in [6, 6.07) is 0. The zero-order valence-corrected chi connectivity index (χ0v) is 17.3. The predicted molar refractivity (Wildman–Crippen MR) is 106 cm³/mol. The van der Waals surface area contributed by atoms with Crippen LogP contribution < -0.4 is 5.32 Å². The molecule has 22 heavy (non-hydrogen) atoms. The SMILES string of the molecule is CCC1(CNC(=NC)N(C)Cc2csc(C)n2)CCCC1.I. The van der Waals surface area contributed by atoms with E-state index in [0.717, 1.165) is 29.8 Å². The number of guanidine groups is 1. The van der Waals surface area contributed by atoms with Gasteiger partial charge in [0, 0.05) is 26.0 Å². The van der Waals surface area contributed by atoms with Gasteiger partial charge in [0.15, 0.2) is 5.96 Å². The minimum absolute atomic E-state index is 0. The standard InChI is InChI=1S/C16H28N4S.HI/c1-5-16(8-6-7-9-16)12-18-15(17-3)20(4)10-14-11-21-13(2)19-14;/h11H,5-10,12H2,1-4H3,(H,17,18);1H. The number of aliphatic imine (C=N–C) groups is 1. The molecule has 1 fully saturated rings. The summed E-state index contributed by atoms with van der Waals surface area (Å²) in [5.74, 6) is 0.973. The monoisotopic (exact) mass is 436 g/mol. The van der Waals surface area contributed by atoms with Crippen molar-refractivity contribution in [3.63, 3.8) is 0 Å². The molecule has 1 aromatic rings. The van der Waals surface area contributed by atoms with Crippen LogP contribution in [0.3, 0.4) is 0 Å². The van der Waals surface area contributed by atoms with Crippen LogP contribution in [0.1, 0.15) is 49.7 Å². The smallest absolute Gasteiger partial charge is 0.193 e. The molecule has 0 saturated heterocycles. The number of hydrogen-bond donors (Lipinski definition) is 1.